The number of fused-ring (bicyclic) bond motifs is 1. The minimum Gasteiger partial charge on any atom is -0.381 e. The molecule has 0 radical (unpaired) electrons. The summed E-state index contributed by atoms with van der Waals surface area (Å²) in [5.41, 5.74) is 2.69. The first kappa shape index (κ1) is 20.4. The Kier molecular flexibility index (Phi) is 4.60. The van der Waals surface area contributed by atoms with Gasteiger partial charge in [0.25, 0.3) is 5.91 Å². The van der Waals surface area contributed by atoms with E-state index < -0.39 is 5.60 Å². The van der Waals surface area contributed by atoms with Gasteiger partial charge in [-0.3, -0.25) is 14.3 Å². The zero-order valence-corrected chi connectivity index (χ0v) is 19.0. The van der Waals surface area contributed by atoms with E-state index in [-0.39, 0.29) is 36.7 Å². The smallest absolute Gasteiger partial charge is 0.268 e. The van der Waals surface area contributed by atoms with Crippen LogP contribution in [-0.2, 0) is 21.5 Å². The van der Waals surface area contributed by atoms with Gasteiger partial charge in [-0.05, 0) is 45.4 Å². The number of amides is 2. The van der Waals surface area contributed by atoms with Gasteiger partial charge in [-0.2, -0.15) is 5.10 Å². The lowest BCUT2D eigenvalue weighted by Crippen LogP contribution is -2.50. The van der Waals surface area contributed by atoms with Crippen LogP contribution in [0.5, 0.6) is 0 Å². The van der Waals surface area contributed by atoms with Crippen molar-refractivity contribution in [3.8, 4) is 0 Å². The lowest BCUT2D eigenvalue weighted by atomic mass is 9.89. The number of hydrogen-bond acceptors (Lipinski definition) is 7. The van der Waals surface area contributed by atoms with Crippen molar-refractivity contribution in [1.29, 1.82) is 0 Å². The zero-order valence-electron chi connectivity index (χ0n) is 19.0. The Hall–Kier alpha value is -3.17. The molecule has 3 heterocycles. The van der Waals surface area contributed by atoms with Gasteiger partial charge < -0.3 is 20.8 Å². The molecule has 174 valence electrons. The van der Waals surface area contributed by atoms with Crippen LogP contribution in [0.3, 0.4) is 0 Å². The molecule has 1 atom stereocenters. The van der Waals surface area contributed by atoms with Crippen molar-refractivity contribution in [2.24, 2.45) is 12.2 Å². The highest BCUT2D eigenvalue weighted by atomic mass is 16.7. The molecule has 1 aliphatic heterocycles. The maximum Gasteiger partial charge on any atom is 0.268 e. The maximum absolute atomic E-state index is 13.2. The van der Waals surface area contributed by atoms with E-state index >= 15 is 0 Å². The molecule has 3 saturated carbocycles. The van der Waals surface area contributed by atoms with Gasteiger partial charge >= 0.3 is 0 Å². The second-order valence-corrected chi connectivity index (χ2v) is 9.94. The van der Waals surface area contributed by atoms with Crippen molar-refractivity contribution >= 4 is 34.2 Å². The van der Waals surface area contributed by atoms with E-state index in [2.05, 4.69) is 31.2 Å². The van der Waals surface area contributed by atoms with Crippen LogP contribution in [-0.4, -0.2) is 56.0 Å². The number of oxime groups is 1. The first-order chi connectivity index (χ1) is 15.9. The SMILES string of the molecule is Cc1nn(C)c2ncc(C3=NOC(CC(=O)NC4CC4)(C(=O)NC4CC4)C3)c(NC3CC3)c12. The summed E-state index contributed by atoms with van der Waals surface area (Å²) in [6, 6.07) is 0.790. The third-order valence-corrected chi connectivity index (χ3v) is 6.76. The largest absolute Gasteiger partial charge is 0.381 e. The molecular formula is C23H29N7O3. The molecule has 0 spiro atoms. The number of aryl methyl sites for hydroxylation is 2. The van der Waals surface area contributed by atoms with Crippen LogP contribution < -0.4 is 16.0 Å². The first-order valence-electron chi connectivity index (χ1n) is 11.9. The molecule has 10 nitrogen and oxygen atoms in total. The van der Waals surface area contributed by atoms with Crippen LogP contribution in [0.4, 0.5) is 5.69 Å². The van der Waals surface area contributed by atoms with Gasteiger partial charge in [-0.15, -0.1) is 0 Å². The highest BCUT2D eigenvalue weighted by Gasteiger charge is 2.50. The Morgan fingerprint density at radius 2 is 1.82 bits per heavy atom. The summed E-state index contributed by atoms with van der Waals surface area (Å²) in [6.45, 7) is 1.97. The number of carbonyl (C=O) groups is 2. The van der Waals surface area contributed by atoms with Crippen LogP contribution in [0.2, 0.25) is 0 Å². The lowest BCUT2D eigenvalue weighted by molar-refractivity contribution is -0.149. The number of anilines is 1. The highest BCUT2D eigenvalue weighted by molar-refractivity contribution is 6.13. The molecule has 4 aliphatic rings. The quantitative estimate of drug-likeness (QED) is 0.561. The van der Waals surface area contributed by atoms with Crippen molar-refractivity contribution in [2.75, 3.05) is 5.32 Å². The van der Waals surface area contributed by atoms with E-state index in [0.717, 1.165) is 66.5 Å². The molecule has 0 saturated heterocycles. The Balaban J connectivity index is 1.33. The minimum absolute atomic E-state index is 0.0535. The standard InChI is InChI=1S/C23H29N7O3/c1-12-19-20(26-14-5-6-14)16(11-24-21(19)30(2)28-12)17-9-23(33-29-17,22(32)27-15-7-8-15)10-18(31)25-13-3-4-13/h11,13-15H,3-10H2,1-2H3,(H,24,26)(H,25,31)(H,27,32). The van der Waals surface area contributed by atoms with Gasteiger partial charge in [0.1, 0.15) is 0 Å². The maximum atomic E-state index is 13.2. The molecule has 2 aromatic rings. The molecule has 3 fully saturated rings. The number of rotatable bonds is 8. The molecule has 2 aromatic heterocycles. The third-order valence-electron chi connectivity index (χ3n) is 6.76. The molecule has 3 N–H and O–H groups in total. The number of hydrogen-bond donors (Lipinski definition) is 3. The number of aromatic nitrogens is 3. The average Bonchev–Trinajstić information content (AvgIpc) is 3.66. The molecule has 0 bridgehead atoms. The first-order valence-corrected chi connectivity index (χ1v) is 11.9. The Bertz CT molecular complexity index is 1180. The molecule has 6 rings (SSSR count). The summed E-state index contributed by atoms with van der Waals surface area (Å²) >= 11 is 0. The molecule has 33 heavy (non-hydrogen) atoms. The predicted octanol–water partition coefficient (Wildman–Crippen LogP) is 1.66. The number of nitrogens with zero attached hydrogens (tertiary/aromatic N) is 4. The second kappa shape index (κ2) is 7.43. The van der Waals surface area contributed by atoms with E-state index in [1.807, 2.05) is 14.0 Å². The van der Waals surface area contributed by atoms with Gasteiger partial charge in [0.05, 0.1) is 28.9 Å². The minimum atomic E-state index is -1.34. The molecule has 0 aromatic carbocycles. The van der Waals surface area contributed by atoms with Crippen LogP contribution in [0.15, 0.2) is 11.4 Å². The van der Waals surface area contributed by atoms with Crippen LogP contribution in [0.1, 0.15) is 62.6 Å². The highest BCUT2D eigenvalue weighted by Crippen LogP contribution is 2.38. The monoisotopic (exact) mass is 451 g/mol. The molecule has 10 heteroatoms. The summed E-state index contributed by atoms with van der Waals surface area (Å²) in [5, 5.41) is 19.5. The summed E-state index contributed by atoms with van der Waals surface area (Å²) in [4.78, 5) is 36.4. The van der Waals surface area contributed by atoms with E-state index in [1.165, 1.54) is 0 Å². The Morgan fingerprint density at radius 3 is 2.52 bits per heavy atom. The van der Waals surface area contributed by atoms with Crippen LogP contribution >= 0.6 is 0 Å². The fourth-order valence-corrected chi connectivity index (χ4v) is 4.44. The lowest BCUT2D eigenvalue weighted by Gasteiger charge is -2.25. The van der Waals surface area contributed by atoms with Gasteiger partial charge in [0.2, 0.25) is 11.5 Å². The predicted molar refractivity (Wildman–Crippen MR) is 122 cm³/mol. The van der Waals surface area contributed by atoms with Crippen molar-refractivity contribution in [2.45, 2.75) is 82.0 Å². The normalized spacial score (nSPS) is 24.4. The number of pyridine rings is 1. The van der Waals surface area contributed by atoms with E-state index in [1.54, 1.807) is 10.9 Å². The van der Waals surface area contributed by atoms with Crippen LogP contribution in [0, 0.1) is 6.92 Å². The van der Waals surface area contributed by atoms with Crippen molar-refractivity contribution in [3.05, 3.63) is 17.5 Å². The Labute approximate surface area is 191 Å². The zero-order chi connectivity index (χ0) is 22.7. The van der Waals surface area contributed by atoms with E-state index in [0.29, 0.717) is 11.8 Å². The van der Waals surface area contributed by atoms with Gasteiger partial charge in [-0.25, -0.2) is 4.98 Å². The molecule has 3 aliphatic carbocycles. The third kappa shape index (κ3) is 3.91. The second-order valence-electron chi connectivity index (χ2n) is 9.94. The van der Waals surface area contributed by atoms with Crippen molar-refractivity contribution in [1.82, 2.24) is 25.4 Å². The summed E-state index contributed by atoms with van der Waals surface area (Å²) in [7, 11) is 1.88. The topological polar surface area (TPSA) is 123 Å². The molecule has 2 amide bonds. The summed E-state index contributed by atoms with van der Waals surface area (Å²) in [6.07, 6.45) is 8.05. The average molecular weight is 452 g/mol. The molecule has 1 unspecified atom stereocenters. The van der Waals surface area contributed by atoms with Gasteiger partial charge in [0.15, 0.2) is 5.65 Å². The molecular weight excluding hydrogens is 422 g/mol. The van der Waals surface area contributed by atoms with E-state index in [4.69, 9.17) is 4.84 Å². The summed E-state index contributed by atoms with van der Waals surface area (Å²) < 4.78 is 1.77. The van der Waals surface area contributed by atoms with Crippen molar-refractivity contribution < 1.29 is 14.4 Å². The fourth-order valence-electron chi connectivity index (χ4n) is 4.44. The Morgan fingerprint density at radius 1 is 1.12 bits per heavy atom. The summed E-state index contributed by atoms with van der Waals surface area (Å²) in [5.74, 6) is -0.439. The van der Waals surface area contributed by atoms with Crippen LogP contribution in [0.25, 0.3) is 11.0 Å². The van der Waals surface area contributed by atoms with E-state index in [9.17, 15) is 9.59 Å². The number of nitrogens with one attached hydrogen (secondary N) is 3. The van der Waals surface area contributed by atoms with Crippen molar-refractivity contribution in [3.63, 3.8) is 0 Å². The number of carbonyl (C=O) groups excluding carboxylic acids is 2. The van der Waals surface area contributed by atoms with Gasteiger partial charge in [-0.1, -0.05) is 5.16 Å². The fraction of sp³-hybridized carbons (Fsp3) is 0.609. The van der Waals surface area contributed by atoms with Gasteiger partial charge in [0, 0.05) is 43.4 Å².